The molecular weight excluding hydrogens is 330 g/mol. The van der Waals surface area contributed by atoms with Crippen LogP contribution in [-0.2, 0) is 4.79 Å². The lowest BCUT2D eigenvalue weighted by molar-refractivity contribution is -0.384. The van der Waals surface area contributed by atoms with E-state index in [-0.39, 0.29) is 22.4 Å². The third-order valence-corrected chi connectivity index (χ3v) is 4.80. The molecule has 24 heavy (non-hydrogen) atoms. The van der Waals surface area contributed by atoms with E-state index in [0.29, 0.717) is 36.8 Å². The predicted molar refractivity (Wildman–Crippen MR) is 91.3 cm³/mol. The Morgan fingerprint density at radius 2 is 2.04 bits per heavy atom. The number of amides is 1. The number of piperidine rings is 1. The van der Waals surface area contributed by atoms with Crippen molar-refractivity contribution in [1.29, 1.82) is 0 Å². The van der Waals surface area contributed by atoms with Crippen LogP contribution in [-0.4, -0.2) is 34.1 Å². The molecular formula is C15H17N5O3S. The van der Waals surface area contributed by atoms with Gasteiger partial charge in [0.25, 0.3) is 5.69 Å². The number of hydrogen-bond donors (Lipinski definition) is 1. The SMILES string of the molecule is Cc1nnc(NC(=O)C2CCN(c3ccccc3[N+](=O)[O-])CC2)s1. The van der Waals surface area contributed by atoms with Crippen LogP contribution in [0.4, 0.5) is 16.5 Å². The molecule has 0 saturated carbocycles. The van der Waals surface area contributed by atoms with Crippen molar-refractivity contribution in [2.24, 2.45) is 5.92 Å². The molecule has 0 radical (unpaired) electrons. The molecule has 0 unspecified atom stereocenters. The summed E-state index contributed by atoms with van der Waals surface area (Å²) in [4.78, 5) is 25.0. The molecule has 0 bridgehead atoms. The first kappa shape index (κ1) is 16.3. The predicted octanol–water partition coefficient (Wildman–Crippen LogP) is 2.61. The number of anilines is 2. The number of carbonyl (C=O) groups excluding carboxylic acids is 1. The van der Waals surface area contributed by atoms with Gasteiger partial charge in [0.05, 0.1) is 4.92 Å². The fourth-order valence-electron chi connectivity index (χ4n) is 2.82. The van der Waals surface area contributed by atoms with Crippen LogP contribution in [0.3, 0.4) is 0 Å². The summed E-state index contributed by atoms with van der Waals surface area (Å²) in [6.07, 6.45) is 1.30. The van der Waals surface area contributed by atoms with Crippen molar-refractivity contribution in [1.82, 2.24) is 10.2 Å². The maximum atomic E-state index is 12.3. The van der Waals surface area contributed by atoms with Gasteiger partial charge in [-0.25, -0.2) is 0 Å². The molecule has 2 aromatic rings. The highest BCUT2D eigenvalue weighted by Crippen LogP contribution is 2.31. The van der Waals surface area contributed by atoms with E-state index in [1.165, 1.54) is 17.4 Å². The minimum Gasteiger partial charge on any atom is -0.366 e. The second kappa shape index (κ2) is 6.91. The number of nitrogens with zero attached hydrogens (tertiary/aromatic N) is 4. The minimum absolute atomic E-state index is 0.0617. The largest absolute Gasteiger partial charge is 0.366 e. The quantitative estimate of drug-likeness (QED) is 0.674. The molecule has 0 spiro atoms. The van der Waals surface area contributed by atoms with Gasteiger partial charge in [-0.15, -0.1) is 10.2 Å². The van der Waals surface area contributed by atoms with E-state index in [9.17, 15) is 14.9 Å². The monoisotopic (exact) mass is 347 g/mol. The molecule has 0 aliphatic carbocycles. The molecule has 9 heteroatoms. The van der Waals surface area contributed by atoms with Gasteiger partial charge >= 0.3 is 0 Å². The molecule has 3 rings (SSSR count). The fraction of sp³-hybridized carbons (Fsp3) is 0.400. The van der Waals surface area contributed by atoms with Gasteiger partial charge in [0, 0.05) is 25.1 Å². The Hall–Kier alpha value is -2.55. The van der Waals surface area contributed by atoms with Crippen LogP contribution in [0.2, 0.25) is 0 Å². The summed E-state index contributed by atoms with van der Waals surface area (Å²) in [6, 6.07) is 6.71. The van der Waals surface area contributed by atoms with Gasteiger partial charge < -0.3 is 10.2 Å². The van der Waals surface area contributed by atoms with Crippen LogP contribution in [0.5, 0.6) is 0 Å². The summed E-state index contributed by atoms with van der Waals surface area (Å²) in [5, 5.41) is 23.0. The minimum atomic E-state index is -0.369. The van der Waals surface area contributed by atoms with Crippen LogP contribution in [0.25, 0.3) is 0 Å². The summed E-state index contributed by atoms with van der Waals surface area (Å²) in [7, 11) is 0. The second-order valence-corrected chi connectivity index (χ2v) is 6.80. The Bertz CT molecular complexity index is 755. The first-order valence-corrected chi connectivity index (χ1v) is 8.45. The Kier molecular flexibility index (Phi) is 4.70. The van der Waals surface area contributed by atoms with Crippen LogP contribution < -0.4 is 10.2 Å². The molecule has 8 nitrogen and oxygen atoms in total. The highest BCUT2D eigenvalue weighted by Gasteiger charge is 2.28. The highest BCUT2D eigenvalue weighted by molar-refractivity contribution is 7.15. The fourth-order valence-corrected chi connectivity index (χ4v) is 3.42. The van der Waals surface area contributed by atoms with Gasteiger partial charge in [-0.05, 0) is 25.8 Å². The molecule has 126 valence electrons. The van der Waals surface area contributed by atoms with Crippen molar-refractivity contribution >= 4 is 33.8 Å². The van der Waals surface area contributed by atoms with Crippen molar-refractivity contribution in [3.63, 3.8) is 0 Å². The highest BCUT2D eigenvalue weighted by atomic mass is 32.1. The Balaban J connectivity index is 1.62. The lowest BCUT2D eigenvalue weighted by atomic mass is 9.95. The summed E-state index contributed by atoms with van der Waals surface area (Å²) in [5.74, 6) is -0.179. The van der Waals surface area contributed by atoms with E-state index >= 15 is 0 Å². The number of aryl methyl sites for hydroxylation is 1. The van der Waals surface area contributed by atoms with Gasteiger partial charge in [-0.1, -0.05) is 23.5 Å². The van der Waals surface area contributed by atoms with Crippen molar-refractivity contribution in [3.05, 3.63) is 39.4 Å². The standard InChI is InChI=1S/C15H17N5O3S/c1-10-17-18-15(24-10)16-14(21)11-6-8-19(9-7-11)12-4-2-3-5-13(12)20(22)23/h2-5,11H,6-9H2,1H3,(H,16,18,21). The molecule has 2 heterocycles. The molecule has 1 fully saturated rings. The number of para-hydroxylation sites is 2. The molecule has 1 aliphatic heterocycles. The van der Waals surface area contributed by atoms with Gasteiger partial charge in [-0.3, -0.25) is 14.9 Å². The summed E-state index contributed by atoms with van der Waals surface area (Å²) in [5.41, 5.74) is 0.714. The molecule has 1 N–H and O–H groups in total. The van der Waals surface area contributed by atoms with E-state index in [4.69, 9.17) is 0 Å². The number of nitrogens with one attached hydrogen (secondary N) is 1. The zero-order chi connectivity index (χ0) is 17.1. The van der Waals surface area contributed by atoms with Crippen LogP contribution in [0.1, 0.15) is 17.8 Å². The zero-order valence-electron chi connectivity index (χ0n) is 13.1. The van der Waals surface area contributed by atoms with Crippen LogP contribution in [0, 0.1) is 23.0 Å². The first-order chi connectivity index (χ1) is 11.5. The first-order valence-electron chi connectivity index (χ1n) is 7.64. The van der Waals surface area contributed by atoms with Gasteiger partial charge in [-0.2, -0.15) is 0 Å². The number of hydrogen-bond acceptors (Lipinski definition) is 7. The number of benzene rings is 1. The topological polar surface area (TPSA) is 101 Å². The summed E-state index contributed by atoms with van der Waals surface area (Å²) < 4.78 is 0. The summed E-state index contributed by atoms with van der Waals surface area (Å²) >= 11 is 1.34. The van der Waals surface area contributed by atoms with Crippen LogP contribution >= 0.6 is 11.3 Å². The maximum absolute atomic E-state index is 12.3. The van der Waals surface area contributed by atoms with E-state index < -0.39 is 0 Å². The molecule has 1 amide bonds. The zero-order valence-corrected chi connectivity index (χ0v) is 14.0. The van der Waals surface area contributed by atoms with Crippen LogP contribution in [0.15, 0.2) is 24.3 Å². The second-order valence-electron chi connectivity index (χ2n) is 5.62. The van der Waals surface area contributed by atoms with Crippen molar-refractivity contribution in [2.75, 3.05) is 23.3 Å². The lowest BCUT2D eigenvalue weighted by Gasteiger charge is -2.32. The van der Waals surface area contributed by atoms with E-state index in [1.807, 2.05) is 11.8 Å². The number of nitro benzene ring substituents is 1. The van der Waals surface area contributed by atoms with Gasteiger partial charge in [0.2, 0.25) is 11.0 Å². The van der Waals surface area contributed by atoms with E-state index in [2.05, 4.69) is 15.5 Å². The lowest BCUT2D eigenvalue weighted by Crippen LogP contribution is -2.38. The molecule has 1 aliphatic rings. The molecule has 1 aromatic carbocycles. The maximum Gasteiger partial charge on any atom is 0.292 e. The van der Waals surface area contributed by atoms with Crippen molar-refractivity contribution in [3.8, 4) is 0 Å². The summed E-state index contributed by atoms with van der Waals surface area (Å²) in [6.45, 7) is 3.05. The number of aromatic nitrogens is 2. The van der Waals surface area contributed by atoms with Crippen molar-refractivity contribution in [2.45, 2.75) is 19.8 Å². The van der Waals surface area contributed by atoms with Gasteiger partial charge in [0.15, 0.2) is 0 Å². The molecule has 1 saturated heterocycles. The average molecular weight is 347 g/mol. The molecule has 0 atom stereocenters. The Morgan fingerprint density at radius 1 is 1.33 bits per heavy atom. The normalized spacial score (nSPS) is 15.3. The van der Waals surface area contributed by atoms with Crippen molar-refractivity contribution < 1.29 is 9.72 Å². The smallest absolute Gasteiger partial charge is 0.292 e. The average Bonchev–Trinajstić information content (AvgIpc) is 3.00. The third kappa shape index (κ3) is 3.51. The number of rotatable bonds is 4. The van der Waals surface area contributed by atoms with Gasteiger partial charge in [0.1, 0.15) is 10.7 Å². The third-order valence-electron chi connectivity index (χ3n) is 4.04. The number of nitro groups is 1. The van der Waals surface area contributed by atoms with E-state index in [1.54, 1.807) is 18.2 Å². The van der Waals surface area contributed by atoms with E-state index in [0.717, 1.165) is 5.01 Å². The Labute approximate surface area is 142 Å². The number of carbonyl (C=O) groups is 1. The Morgan fingerprint density at radius 3 is 2.67 bits per heavy atom. The molecule has 1 aromatic heterocycles.